The highest BCUT2D eigenvalue weighted by molar-refractivity contribution is 5.70. The third kappa shape index (κ3) is 2.18. The Hall–Kier alpha value is -1.89. The van der Waals surface area contributed by atoms with Crippen molar-refractivity contribution < 1.29 is 0 Å². The van der Waals surface area contributed by atoms with Crippen LogP contribution < -0.4 is 17.0 Å². The lowest BCUT2D eigenvalue weighted by Crippen LogP contribution is -2.44. The summed E-state index contributed by atoms with van der Waals surface area (Å²) in [6, 6.07) is -0.295. The largest absolute Gasteiger partial charge is 0.333 e. The third-order valence-electron chi connectivity index (χ3n) is 3.49. The molecule has 0 fully saturated rings. The Labute approximate surface area is 116 Å². The van der Waals surface area contributed by atoms with Gasteiger partial charge in [-0.3, -0.25) is 13.9 Å². The van der Waals surface area contributed by atoms with Crippen molar-refractivity contribution in [1.29, 1.82) is 0 Å². The number of fused-ring (bicyclic) bond motifs is 1. The number of nitrogens with zero attached hydrogens (tertiary/aromatic N) is 4. The van der Waals surface area contributed by atoms with Crippen molar-refractivity contribution in [2.24, 2.45) is 12.8 Å². The van der Waals surface area contributed by atoms with E-state index in [1.165, 1.54) is 4.57 Å². The lowest BCUT2D eigenvalue weighted by atomic mass is 10.2. The van der Waals surface area contributed by atoms with Crippen LogP contribution in [0.25, 0.3) is 11.2 Å². The molecule has 0 saturated heterocycles. The zero-order chi connectivity index (χ0) is 15.0. The zero-order valence-corrected chi connectivity index (χ0v) is 12.3. The molecule has 2 heterocycles. The van der Waals surface area contributed by atoms with E-state index in [-0.39, 0.29) is 29.9 Å². The zero-order valence-electron chi connectivity index (χ0n) is 12.3. The van der Waals surface area contributed by atoms with Gasteiger partial charge in [-0.2, -0.15) is 0 Å². The van der Waals surface area contributed by atoms with Crippen molar-refractivity contribution in [2.75, 3.05) is 0 Å². The standard InChI is InChI=1S/C13H21N5O2/c1-5-9(14)6-17-12(19)10-11(15-7-16(10)4)18(8(2)3)13(17)20/h7-9H,5-6,14H2,1-4H3. The van der Waals surface area contributed by atoms with Gasteiger partial charge < -0.3 is 10.3 Å². The monoisotopic (exact) mass is 279 g/mol. The van der Waals surface area contributed by atoms with Crippen LogP contribution in [0.3, 0.4) is 0 Å². The average molecular weight is 279 g/mol. The summed E-state index contributed by atoms with van der Waals surface area (Å²) in [5, 5.41) is 0. The van der Waals surface area contributed by atoms with E-state index >= 15 is 0 Å². The number of hydrogen-bond donors (Lipinski definition) is 1. The van der Waals surface area contributed by atoms with Crippen LogP contribution in [0.5, 0.6) is 0 Å². The van der Waals surface area contributed by atoms with Gasteiger partial charge in [0.05, 0.1) is 6.33 Å². The summed E-state index contributed by atoms with van der Waals surface area (Å²) in [5.41, 5.74) is 6.08. The average Bonchev–Trinajstić information content (AvgIpc) is 2.75. The van der Waals surface area contributed by atoms with E-state index in [0.29, 0.717) is 17.6 Å². The minimum Gasteiger partial charge on any atom is -0.328 e. The Morgan fingerprint density at radius 1 is 1.35 bits per heavy atom. The molecule has 110 valence electrons. The van der Waals surface area contributed by atoms with Crippen LogP contribution in [0.4, 0.5) is 0 Å². The van der Waals surface area contributed by atoms with E-state index in [1.54, 1.807) is 22.5 Å². The van der Waals surface area contributed by atoms with E-state index in [0.717, 1.165) is 0 Å². The molecule has 2 aromatic rings. The quantitative estimate of drug-likeness (QED) is 0.867. The molecule has 2 aromatic heterocycles. The molecule has 0 saturated carbocycles. The molecule has 7 nitrogen and oxygen atoms in total. The minimum atomic E-state index is -0.347. The lowest BCUT2D eigenvalue weighted by molar-refractivity contribution is 0.474. The predicted molar refractivity (Wildman–Crippen MR) is 77.9 cm³/mol. The van der Waals surface area contributed by atoms with Crippen LogP contribution in [0, 0.1) is 0 Å². The second-order valence-electron chi connectivity index (χ2n) is 5.36. The molecule has 0 aromatic carbocycles. The molecule has 2 N–H and O–H groups in total. The van der Waals surface area contributed by atoms with Gasteiger partial charge in [-0.25, -0.2) is 9.78 Å². The van der Waals surface area contributed by atoms with Gasteiger partial charge >= 0.3 is 5.69 Å². The SMILES string of the molecule is CCC(N)Cn1c(=O)c2c(ncn2C)n(C(C)C)c1=O. The van der Waals surface area contributed by atoms with Crippen molar-refractivity contribution in [3.05, 3.63) is 27.2 Å². The minimum absolute atomic E-state index is 0.0791. The Balaban J connectivity index is 2.84. The first kappa shape index (κ1) is 14.5. The fourth-order valence-electron chi connectivity index (χ4n) is 2.27. The van der Waals surface area contributed by atoms with Crippen LogP contribution in [0.1, 0.15) is 33.2 Å². The molecule has 0 aliphatic carbocycles. The summed E-state index contributed by atoms with van der Waals surface area (Å²) < 4.78 is 4.40. The number of imidazole rings is 1. The molecule has 0 aliphatic heterocycles. The number of aromatic nitrogens is 4. The van der Waals surface area contributed by atoms with Crippen LogP contribution in [0.15, 0.2) is 15.9 Å². The van der Waals surface area contributed by atoms with Crippen LogP contribution in [-0.4, -0.2) is 24.7 Å². The van der Waals surface area contributed by atoms with Gasteiger partial charge in [0.2, 0.25) is 0 Å². The predicted octanol–water partition coefficient (Wildman–Crippen LogP) is 0.215. The smallest absolute Gasteiger partial charge is 0.328 e. The number of nitrogens with two attached hydrogens (primary N) is 1. The Morgan fingerprint density at radius 2 is 2.00 bits per heavy atom. The van der Waals surface area contributed by atoms with Crippen LogP contribution >= 0.6 is 0 Å². The van der Waals surface area contributed by atoms with Gasteiger partial charge in [0, 0.05) is 25.7 Å². The highest BCUT2D eigenvalue weighted by atomic mass is 16.2. The Bertz CT molecular complexity index is 738. The van der Waals surface area contributed by atoms with E-state index in [2.05, 4.69) is 4.98 Å². The molecule has 20 heavy (non-hydrogen) atoms. The molecule has 0 radical (unpaired) electrons. The first-order valence-corrected chi connectivity index (χ1v) is 6.80. The molecule has 2 rings (SSSR count). The molecular formula is C13H21N5O2. The summed E-state index contributed by atoms with van der Waals surface area (Å²) >= 11 is 0. The van der Waals surface area contributed by atoms with Gasteiger partial charge in [0.15, 0.2) is 11.2 Å². The van der Waals surface area contributed by atoms with Gasteiger partial charge in [0.25, 0.3) is 5.56 Å². The number of hydrogen-bond acceptors (Lipinski definition) is 4. The molecule has 0 bridgehead atoms. The van der Waals surface area contributed by atoms with Gasteiger partial charge in [-0.05, 0) is 20.3 Å². The Kier molecular flexibility index (Phi) is 3.80. The summed E-state index contributed by atoms with van der Waals surface area (Å²) in [4.78, 5) is 29.2. The van der Waals surface area contributed by atoms with E-state index in [4.69, 9.17) is 5.73 Å². The summed E-state index contributed by atoms with van der Waals surface area (Å²) in [6.45, 7) is 5.94. The summed E-state index contributed by atoms with van der Waals surface area (Å²) in [7, 11) is 1.75. The van der Waals surface area contributed by atoms with E-state index in [9.17, 15) is 9.59 Å². The highest BCUT2D eigenvalue weighted by Gasteiger charge is 2.19. The fraction of sp³-hybridized carbons (Fsp3) is 0.615. The molecular weight excluding hydrogens is 258 g/mol. The second kappa shape index (κ2) is 5.24. The van der Waals surface area contributed by atoms with Crippen LogP contribution in [-0.2, 0) is 13.6 Å². The van der Waals surface area contributed by atoms with Gasteiger partial charge in [0.1, 0.15) is 0 Å². The molecule has 1 unspecified atom stereocenters. The maximum atomic E-state index is 12.5. The van der Waals surface area contributed by atoms with Crippen molar-refractivity contribution >= 4 is 11.2 Å². The molecule has 7 heteroatoms. The normalized spacial score (nSPS) is 13.3. The topological polar surface area (TPSA) is 87.8 Å². The number of aryl methyl sites for hydroxylation is 1. The third-order valence-corrected chi connectivity index (χ3v) is 3.49. The second-order valence-corrected chi connectivity index (χ2v) is 5.36. The van der Waals surface area contributed by atoms with Gasteiger partial charge in [-0.15, -0.1) is 0 Å². The summed E-state index contributed by atoms with van der Waals surface area (Å²) in [5.74, 6) is 0. The Morgan fingerprint density at radius 3 is 2.55 bits per heavy atom. The van der Waals surface area contributed by atoms with E-state index < -0.39 is 0 Å². The summed E-state index contributed by atoms with van der Waals surface area (Å²) in [6.07, 6.45) is 2.26. The molecule has 0 aliphatic rings. The molecule has 0 spiro atoms. The van der Waals surface area contributed by atoms with E-state index in [1.807, 2.05) is 20.8 Å². The molecule has 1 atom stereocenters. The number of rotatable bonds is 4. The van der Waals surface area contributed by atoms with Crippen molar-refractivity contribution in [2.45, 2.75) is 45.8 Å². The highest BCUT2D eigenvalue weighted by Crippen LogP contribution is 2.10. The van der Waals surface area contributed by atoms with Crippen molar-refractivity contribution in [3.63, 3.8) is 0 Å². The maximum Gasteiger partial charge on any atom is 0.333 e. The lowest BCUT2D eigenvalue weighted by Gasteiger charge is -2.16. The maximum absolute atomic E-state index is 12.5. The van der Waals surface area contributed by atoms with Crippen molar-refractivity contribution in [1.82, 2.24) is 18.7 Å². The first-order chi connectivity index (χ1) is 9.38. The van der Waals surface area contributed by atoms with Crippen molar-refractivity contribution in [3.8, 4) is 0 Å². The molecule has 0 amide bonds. The fourth-order valence-corrected chi connectivity index (χ4v) is 2.27. The van der Waals surface area contributed by atoms with Crippen LogP contribution in [0.2, 0.25) is 0 Å². The first-order valence-electron chi connectivity index (χ1n) is 6.80. The van der Waals surface area contributed by atoms with Gasteiger partial charge in [-0.1, -0.05) is 6.92 Å².